The average molecular weight is 1170 g/mol. The third-order valence-corrected chi connectivity index (χ3v) is 23.3. The molecule has 4 aliphatic carbocycles. The minimum atomic E-state index is -2.12. The number of hydrogen-bond acceptors (Lipinski definition) is 25. The van der Waals surface area contributed by atoms with Gasteiger partial charge in [0.25, 0.3) is 0 Å². The molecule has 81 heavy (non-hydrogen) atoms. The number of aliphatic hydroxyl groups excluding tert-OH is 17. The number of fused-ring (bicyclic) bond motifs is 7. The second-order valence-corrected chi connectivity index (χ2v) is 27.2. The average Bonchev–Trinajstić information content (AvgIpc) is 1.91. The van der Waals surface area contributed by atoms with Crippen LogP contribution in [-0.2, 0) is 37.9 Å². The van der Waals surface area contributed by atoms with Crippen LogP contribution in [0, 0.1) is 75.9 Å². The quantitative estimate of drug-likeness (QED) is 0.0908. The molecule has 0 bridgehead atoms. The van der Waals surface area contributed by atoms with Crippen LogP contribution < -0.4 is 0 Å². The van der Waals surface area contributed by atoms with Crippen molar-refractivity contribution in [2.75, 3.05) is 39.6 Å². The monoisotopic (exact) mass is 1160 g/mol. The van der Waals surface area contributed by atoms with Crippen molar-refractivity contribution in [3.63, 3.8) is 0 Å². The molecule has 1 spiro atoms. The highest BCUT2D eigenvalue weighted by Gasteiger charge is 2.73. The van der Waals surface area contributed by atoms with Crippen molar-refractivity contribution in [2.45, 2.75) is 232 Å². The van der Waals surface area contributed by atoms with Gasteiger partial charge >= 0.3 is 0 Å². The normalized spacial score (nSPS) is 60.3. The van der Waals surface area contributed by atoms with Crippen LogP contribution in [0.15, 0.2) is 0 Å². The maximum absolute atomic E-state index is 12.6. The summed E-state index contributed by atoms with van der Waals surface area (Å²) in [5.74, 6) is -6.40. The van der Waals surface area contributed by atoms with E-state index in [1.807, 2.05) is 0 Å². The van der Waals surface area contributed by atoms with E-state index in [9.17, 15) is 86.8 Å². The first-order valence-corrected chi connectivity index (χ1v) is 29.9. The Morgan fingerprint density at radius 3 is 1.73 bits per heavy atom. The zero-order valence-corrected chi connectivity index (χ0v) is 46.5. The summed E-state index contributed by atoms with van der Waals surface area (Å²) in [6, 6.07) is 0. The molecule has 0 aromatic carbocycles. The molecular weight excluding hydrogens is 1070 g/mol. The van der Waals surface area contributed by atoms with Gasteiger partial charge in [-0.05, 0) is 85.4 Å². The van der Waals surface area contributed by atoms with Crippen molar-refractivity contribution in [3.8, 4) is 0 Å². The standard InChI is InChI=1S/C56H92O25/c1-19-7-10-56(75-17-19)20(2)35-52(81-56)43(69)36-22-6-5-21-11-26(24(61)12-55(21,4)23(22)8-9-54(35,36)3)79-53-47(73)41(67)31(27(13-57)80-53)48-33(32(38(64)28(14-58)76-48)49-45(71)37(63)25(62)18-74-49)50-42(68)34(39(65)29(15-59)77-50)51-46(72)44(70)40(66)30(16-60)78-51/h19-53,57-73H,5-18H2,1-4H3. The highest BCUT2D eigenvalue weighted by Crippen LogP contribution is 2.71. The van der Waals surface area contributed by atoms with E-state index in [1.54, 1.807) is 0 Å². The Hall–Kier alpha value is -1.00. The van der Waals surface area contributed by atoms with Crippen LogP contribution in [0.25, 0.3) is 0 Å². The van der Waals surface area contributed by atoms with Gasteiger partial charge in [0.2, 0.25) is 0 Å². The lowest BCUT2D eigenvalue weighted by Gasteiger charge is -2.62. The Kier molecular flexibility index (Phi) is 17.6. The van der Waals surface area contributed by atoms with Crippen molar-refractivity contribution < 1.29 is 125 Å². The van der Waals surface area contributed by atoms with Crippen molar-refractivity contribution in [1.29, 1.82) is 0 Å². The molecule has 7 saturated heterocycles. The molecule has 11 fully saturated rings. The van der Waals surface area contributed by atoms with Gasteiger partial charge in [-0.3, -0.25) is 0 Å². The first kappa shape index (κ1) is 61.6. The second-order valence-electron chi connectivity index (χ2n) is 27.2. The molecule has 7 heterocycles. The van der Waals surface area contributed by atoms with E-state index in [0.717, 1.165) is 38.5 Å². The van der Waals surface area contributed by atoms with Gasteiger partial charge in [0.15, 0.2) is 12.1 Å². The number of rotatable bonds is 10. The largest absolute Gasteiger partial charge is 0.394 e. The van der Waals surface area contributed by atoms with E-state index >= 15 is 0 Å². The van der Waals surface area contributed by atoms with E-state index in [0.29, 0.717) is 25.4 Å². The Morgan fingerprint density at radius 2 is 1.09 bits per heavy atom. The summed E-state index contributed by atoms with van der Waals surface area (Å²) in [6.07, 6.45) is -33.7. The summed E-state index contributed by atoms with van der Waals surface area (Å²) in [5, 5.41) is 194. The van der Waals surface area contributed by atoms with Crippen LogP contribution in [0.3, 0.4) is 0 Å². The number of ether oxygens (including phenoxy) is 8. The lowest BCUT2D eigenvalue weighted by molar-refractivity contribution is -0.352. The van der Waals surface area contributed by atoms with Gasteiger partial charge in [0, 0.05) is 41.9 Å². The fourth-order valence-corrected chi connectivity index (χ4v) is 19.2. The van der Waals surface area contributed by atoms with Gasteiger partial charge in [0.1, 0.15) is 61.0 Å². The van der Waals surface area contributed by atoms with E-state index in [1.165, 1.54) is 0 Å². The van der Waals surface area contributed by atoms with Gasteiger partial charge in [-0.25, -0.2) is 0 Å². The molecule has 4 saturated carbocycles. The van der Waals surface area contributed by atoms with Crippen LogP contribution in [0.5, 0.6) is 0 Å². The highest BCUT2D eigenvalue weighted by molar-refractivity contribution is 5.19. The first-order valence-electron chi connectivity index (χ1n) is 29.9. The van der Waals surface area contributed by atoms with Gasteiger partial charge in [0.05, 0.1) is 119 Å². The van der Waals surface area contributed by atoms with Crippen LogP contribution in [-0.4, -0.2) is 279 Å². The van der Waals surface area contributed by atoms with Crippen molar-refractivity contribution in [2.24, 2.45) is 75.9 Å². The zero-order chi connectivity index (χ0) is 58.3. The maximum Gasteiger partial charge on any atom is 0.186 e. The third-order valence-electron chi connectivity index (χ3n) is 23.3. The molecule has 25 heteroatoms. The lowest BCUT2D eigenvalue weighted by atomic mass is 9.44. The fourth-order valence-electron chi connectivity index (χ4n) is 19.2. The summed E-state index contributed by atoms with van der Waals surface area (Å²) in [6.45, 7) is 5.27. The first-order chi connectivity index (χ1) is 38.4. The molecule has 17 N–H and O–H groups in total. The molecule has 38 atom stereocenters. The topological polar surface area (TPSA) is 418 Å². The molecule has 0 radical (unpaired) electrons. The van der Waals surface area contributed by atoms with Crippen molar-refractivity contribution in [3.05, 3.63) is 0 Å². The summed E-state index contributed by atoms with van der Waals surface area (Å²) < 4.78 is 50.6. The van der Waals surface area contributed by atoms with Crippen molar-refractivity contribution >= 4 is 0 Å². The molecule has 0 aromatic heterocycles. The minimum absolute atomic E-state index is 0.00805. The predicted octanol–water partition coefficient (Wildman–Crippen LogP) is -5.41. The van der Waals surface area contributed by atoms with Gasteiger partial charge in [-0.15, -0.1) is 0 Å². The summed E-state index contributed by atoms with van der Waals surface area (Å²) >= 11 is 0. The zero-order valence-electron chi connectivity index (χ0n) is 46.5. The molecule has 38 unspecified atom stereocenters. The van der Waals surface area contributed by atoms with Crippen LogP contribution in [0.1, 0.15) is 79.1 Å². The maximum atomic E-state index is 12.6. The highest BCUT2D eigenvalue weighted by atomic mass is 16.7. The molecule has 11 rings (SSSR count). The van der Waals surface area contributed by atoms with Gasteiger partial charge in [-0.2, -0.15) is 0 Å². The molecule has 0 amide bonds. The van der Waals surface area contributed by atoms with E-state index in [-0.39, 0.29) is 52.4 Å². The summed E-state index contributed by atoms with van der Waals surface area (Å²) in [5.41, 5.74) is -0.538. The molecule has 11 aliphatic rings. The van der Waals surface area contributed by atoms with Crippen LogP contribution in [0.2, 0.25) is 0 Å². The SMILES string of the molecule is CC1CCC2(OC1)OC1C(O)C3C4CCC5CC(OC6OC(CO)C(C7OC(CO)C(O)C(C8OCC(O)C(O)C8O)C7C7OC(CO)C(O)C(C8OC(CO)C(O)C(O)C8O)C7O)C(O)C6O)C(O)CC5(C)C4CCC3(C)C1C2C. The third kappa shape index (κ3) is 9.77. The second kappa shape index (κ2) is 23.2. The Morgan fingerprint density at radius 1 is 0.469 bits per heavy atom. The molecular formula is C56H92O25. The summed E-state index contributed by atoms with van der Waals surface area (Å²) in [4.78, 5) is 0. The molecule has 25 nitrogen and oxygen atoms in total. The van der Waals surface area contributed by atoms with Crippen LogP contribution >= 0.6 is 0 Å². The van der Waals surface area contributed by atoms with Crippen molar-refractivity contribution in [1.82, 2.24) is 0 Å². The molecule has 466 valence electrons. The predicted molar refractivity (Wildman–Crippen MR) is 272 cm³/mol. The number of aliphatic hydroxyl groups is 17. The van der Waals surface area contributed by atoms with E-state index in [4.69, 9.17) is 37.9 Å². The van der Waals surface area contributed by atoms with Gasteiger partial charge in [-0.1, -0.05) is 27.7 Å². The van der Waals surface area contributed by atoms with Crippen LogP contribution in [0.4, 0.5) is 0 Å². The summed E-state index contributed by atoms with van der Waals surface area (Å²) in [7, 11) is 0. The Bertz CT molecular complexity index is 2140. The molecule has 0 aromatic rings. The lowest BCUT2D eigenvalue weighted by Crippen LogP contribution is -2.73. The Labute approximate surface area is 470 Å². The van der Waals surface area contributed by atoms with Gasteiger partial charge < -0.3 is 125 Å². The van der Waals surface area contributed by atoms with E-state index < -0.39 is 203 Å². The fraction of sp³-hybridized carbons (Fsp3) is 1.00. The van der Waals surface area contributed by atoms with E-state index in [2.05, 4.69) is 27.7 Å². The smallest absolute Gasteiger partial charge is 0.186 e. The minimum Gasteiger partial charge on any atom is -0.394 e. The molecule has 7 aliphatic heterocycles. The number of hydrogen-bond donors (Lipinski definition) is 17. The Balaban J connectivity index is 0.850.